The van der Waals surface area contributed by atoms with Gasteiger partial charge >= 0.3 is 5.97 Å². The average molecular weight is 277 g/mol. The summed E-state index contributed by atoms with van der Waals surface area (Å²) in [5.41, 5.74) is 0. The van der Waals surface area contributed by atoms with Gasteiger partial charge < -0.3 is 14.7 Å². The maximum atomic E-state index is 11.8. The van der Waals surface area contributed by atoms with Gasteiger partial charge in [0.05, 0.1) is 6.61 Å². The molecule has 1 N–H and O–H groups in total. The fourth-order valence-corrected chi connectivity index (χ4v) is 1.66. The van der Waals surface area contributed by atoms with E-state index in [1.807, 2.05) is 30.3 Å². The van der Waals surface area contributed by atoms with E-state index in [1.165, 1.54) is 11.0 Å². The number of carboxylic acid groups (broad SMARTS) is 1. The Balaban J connectivity index is 2.30. The normalized spacial score (nSPS) is 9.80. The number of ether oxygens (including phenoxy) is 1. The third-order valence-corrected chi connectivity index (χ3v) is 2.58. The number of para-hydroxylation sites is 1. The van der Waals surface area contributed by atoms with E-state index in [2.05, 4.69) is 6.58 Å². The highest BCUT2D eigenvalue weighted by molar-refractivity contribution is 5.81. The molecule has 5 nitrogen and oxygen atoms in total. The number of amides is 1. The molecule has 0 aliphatic carbocycles. The maximum Gasteiger partial charge on any atom is 0.323 e. The van der Waals surface area contributed by atoms with Crippen LogP contribution >= 0.6 is 0 Å². The van der Waals surface area contributed by atoms with E-state index in [0.717, 1.165) is 5.75 Å². The maximum absolute atomic E-state index is 11.8. The van der Waals surface area contributed by atoms with Crippen LogP contribution in [0.3, 0.4) is 0 Å². The molecule has 5 heteroatoms. The number of carboxylic acids is 1. The van der Waals surface area contributed by atoms with Crippen molar-refractivity contribution in [3.63, 3.8) is 0 Å². The summed E-state index contributed by atoms with van der Waals surface area (Å²) in [6.45, 7) is 3.88. The zero-order valence-electron chi connectivity index (χ0n) is 11.3. The van der Waals surface area contributed by atoms with Crippen LogP contribution in [0.4, 0.5) is 0 Å². The zero-order valence-corrected chi connectivity index (χ0v) is 11.3. The summed E-state index contributed by atoms with van der Waals surface area (Å²) in [6.07, 6.45) is 2.32. The lowest BCUT2D eigenvalue weighted by Gasteiger charge is -2.18. The van der Waals surface area contributed by atoms with E-state index >= 15 is 0 Å². The lowest BCUT2D eigenvalue weighted by atomic mass is 10.2. The molecule has 0 aliphatic heterocycles. The number of carbonyl (C=O) groups excluding carboxylic acids is 1. The molecule has 0 saturated carbocycles. The molecule has 0 heterocycles. The predicted octanol–water partition coefficient (Wildman–Crippen LogP) is 1.94. The van der Waals surface area contributed by atoms with Crippen molar-refractivity contribution in [3.8, 4) is 5.75 Å². The highest BCUT2D eigenvalue weighted by atomic mass is 16.5. The number of hydrogen-bond acceptors (Lipinski definition) is 3. The number of hydrogen-bond donors (Lipinski definition) is 1. The standard InChI is InChI=1S/C15H19NO4/c1-2-10-16(12-15(18)19)14(17)9-6-11-20-13-7-4-3-5-8-13/h2-5,7-8H,1,6,9-12H2,(H,18,19). The molecule has 0 aromatic heterocycles. The van der Waals surface area contributed by atoms with Gasteiger partial charge in [0.1, 0.15) is 12.3 Å². The van der Waals surface area contributed by atoms with Crippen molar-refractivity contribution in [2.45, 2.75) is 12.8 Å². The Kier molecular flexibility index (Phi) is 6.89. The topological polar surface area (TPSA) is 66.8 Å². The first-order valence-electron chi connectivity index (χ1n) is 6.42. The molecule has 0 aliphatic rings. The summed E-state index contributed by atoms with van der Waals surface area (Å²) in [5.74, 6) is -0.474. The SMILES string of the molecule is C=CCN(CC(=O)O)C(=O)CCCOc1ccccc1. The summed E-state index contributed by atoms with van der Waals surface area (Å²) in [4.78, 5) is 23.8. The van der Waals surface area contributed by atoms with Gasteiger partial charge in [-0.15, -0.1) is 6.58 Å². The lowest BCUT2D eigenvalue weighted by molar-refractivity contribution is -0.144. The van der Waals surface area contributed by atoms with Gasteiger partial charge in [0.15, 0.2) is 0 Å². The molecular formula is C15H19NO4. The molecule has 1 aromatic carbocycles. The number of rotatable bonds is 9. The highest BCUT2D eigenvalue weighted by Gasteiger charge is 2.14. The molecule has 0 fully saturated rings. The molecule has 0 unspecified atom stereocenters. The predicted molar refractivity (Wildman–Crippen MR) is 75.6 cm³/mol. The van der Waals surface area contributed by atoms with E-state index in [-0.39, 0.29) is 25.4 Å². The van der Waals surface area contributed by atoms with E-state index in [0.29, 0.717) is 13.0 Å². The van der Waals surface area contributed by atoms with Crippen LogP contribution in [-0.4, -0.2) is 41.6 Å². The van der Waals surface area contributed by atoms with Crippen molar-refractivity contribution in [2.24, 2.45) is 0 Å². The first-order chi connectivity index (χ1) is 9.63. The van der Waals surface area contributed by atoms with Crippen molar-refractivity contribution in [3.05, 3.63) is 43.0 Å². The van der Waals surface area contributed by atoms with Crippen molar-refractivity contribution in [2.75, 3.05) is 19.7 Å². The van der Waals surface area contributed by atoms with Crippen LogP contribution in [0, 0.1) is 0 Å². The number of carbonyl (C=O) groups is 2. The second-order valence-electron chi connectivity index (χ2n) is 4.22. The average Bonchev–Trinajstić information content (AvgIpc) is 2.43. The first kappa shape index (κ1) is 15.8. The molecule has 0 saturated heterocycles. The number of aliphatic carboxylic acids is 1. The van der Waals surface area contributed by atoms with Crippen molar-refractivity contribution in [1.82, 2.24) is 4.90 Å². The van der Waals surface area contributed by atoms with E-state index < -0.39 is 5.97 Å². The Bertz CT molecular complexity index is 444. The molecular weight excluding hydrogens is 258 g/mol. The van der Waals surface area contributed by atoms with Gasteiger partial charge in [-0.1, -0.05) is 24.3 Å². The Morgan fingerprint density at radius 1 is 1.30 bits per heavy atom. The largest absolute Gasteiger partial charge is 0.494 e. The number of nitrogens with zero attached hydrogens (tertiary/aromatic N) is 1. The molecule has 108 valence electrons. The van der Waals surface area contributed by atoms with Gasteiger partial charge in [-0.05, 0) is 18.6 Å². The van der Waals surface area contributed by atoms with Gasteiger partial charge in [-0.2, -0.15) is 0 Å². The smallest absolute Gasteiger partial charge is 0.323 e. The summed E-state index contributed by atoms with van der Waals surface area (Å²) < 4.78 is 5.47. The first-order valence-corrected chi connectivity index (χ1v) is 6.42. The molecule has 1 amide bonds. The van der Waals surface area contributed by atoms with Gasteiger partial charge in [0.25, 0.3) is 0 Å². The molecule has 0 bridgehead atoms. The molecule has 0 spiro atoms. The van der Waals surface area contributed by atoms with Gasteiger partial charge in [0.2, 0.25) is 5.91 Å². The fraction of sp³-hybridized carbons (Fsp3) is 0.333. The molecule has 1 rings (SSSR count). The van der Waals surface area contributed by atoms with Crippen LogP contribution in [0.15, 0.2) is 43.0 Å². The highest BCUT2D eigenvalue weighted by Crippen LogP contribution is 2.09. The number of benzene rings is 1. The van der Waals surface area contributed by atoms with Crippen LogP contribution < -0.4 is 4.74 Å². The van der Waals surface area contributed by atoms with E-state index in [4.69, 9.17) is 9.84 Å². The van der Waals surface area contributed by atoms with E-state index in [1.54, 1.807) is 0 Å². The third-order valence-electron chi connectivity index (χ3n) is 2.58. The fourth-order valence-electron chi connectivity index (χ4n) is 1.66. The molecule has 0 atom stereocenters. The zero-order chi connectivity index (χ0) is 14.8. The van der Waals surface area contributed by atoms with Crippen LogP contribution in [0.5, 0.6) is 5.75 Å². The summed E-state index contributed by atoms with van der Waals surface area (Å²) >= 11 is 0. The Labute approximate surface area is 118 Å². The summed E-state index contributed by atoms with van der Waals surface area (Å²) in [6, 6.07) is 9.33. The summed E-state index contributed by atoms with van der Waals surface area (Å²) in [7, 11) is 0. The van der Waals surface area contributed by atoms with Crippen LogP contribution in [-0.2, 0) is 9.59 Å². The Hall–Kier alpha value is -2.30. The Morgan fingerprint density at radius 3 is 2.60 bits per heavy atom. The van der Waals surface area contributed by atoms with Crippen LogP contribution in [0.1, 0.15) is 12.8 Å². The van der Waals surface area contributed by atoms with Crippen molar-refractivity contribution < 1.29 is 19.4 Å². The Morgan fingerprint density at radius 2 is 2.00 bits per heavy atom. The van der Waals surface area contributed by atoms with E-state index in [9.17, 15) is 9.59 Å². The monoisotopic (exact) mass is 277 g/mol. The lowest BCUT2D eigenvalue weighted by Crippen LogP contribution is -2.35. The quantitative estimate of drug-likeness (QED) is 0.553. The van der Waals surface area contributed by atoms with Gasteiger partial charge in [0, 0.05) is 13.0 Å². The minimum Gasteiger partial charge on any atom is -0.494 e. The summed E-state index contributed by atoms with van der Waals surface area (Å²) in [5, 5.41) is 8.73. The second kappa shape index (κ2) is 8.74. The molecule has 20 heavy (non-hydrogen) atoms. The van der Waals surface area contributed by atoms with Gasteiger partial charge in [-0.25, -0.2) is 0 Å². The van der Waals surface area contributed by atoms with Crippen molar-refractivity contribution in [1.29, 1.82) is 0 Å². The molecule has 1 aromatic rings. The van der Waals surface area contributed by atoms with Crippen molar-refractivity contribution >= 4 is 11.9 Å². The van der Waals surface area contributed by atoms with Gasteiger partial charge in [-0.3, -0.25) is 9.59 Å². The third kappa shape index (κ3) is 6.04. The second-order valence-corrected chi connectivity index (χ2v) is 4.22. The van der Waals surface area contributed by atoms with Crippen LogP contribution in [0.25, 0.3) is 0 Å². The minimum atomic E-state index is -1.03. The molecule has 0 radical (unpaired) electrons. The minimum absolute atomic E-state index is 0.205. The van der Waals surface area contributed by atoms with Crippen LogP contribution in [0.2, 0.25) is 0 Å².